The first-order valence-electron chi connectivity index (χ1n) is 4.29. The van der Waals surface area contributed by atoms with E-state index in [0.717, 1.165) is 12.8 Å². The summed E-state index contributed by atoms with van der Waals surface area (Å²) in [5.41, 5.74) is 0. The van der Waals surface area contributed by atoms with Gasteiger partial charge in [0, 0.05) is 0 Å². The molecule has 0 saturated heterocycles. The minimum atomic E-state index is -1.23. The van der Waals surface area contributed by atoms with Gasteiger partial charge in [0.25, 0.3) is 0 Å². The Kier molecular flexibility index (Phi) is 2.39. The molecule has 0 unspecified atom stereocenters. The van der Waals surface area contributed by atoms with Crippen molar-refractivity contribution in [1.29, 1.82) is 0 Å². The Labute approximate surface area is 79.3 Å². The second kappa shape index (κ2) is 3.51. The summed E-state index contributed by atoms with van der Waals surface area (Å²) in [5.74, 6) is 0. The van der Waals surface area contributed by atoms with Crippen molar-refractivity contribution >= 4 is 4.82 Å². The van der Waals surface area contributed by atoms with E-state index in [4.69, 9.17) is 0 Å². The number of hydrogen-bond acceptors (Lipinski definition) is 0. The predicted octanol–water partition coefficient (Wildman–Crippen LogP) is 2.72. The standard InChI is InChI=1S/2C5H5.CH2.Ti/c2*1-2-4-5-3-1;;/h2*1-3H,4H2;1H2;. The zero-order valence-electron chi connectivity index (χ0n) is 7.09. The first kappa shape index (κ1) is 8.16. The minimum absolute atomic E-state index is 1.16. The summed E-state index contributed by atoms with van der Waals surface area (Å²) in [5, 5.41) is 0. The SMILES string of the molecule is [CH2]=[Ti]([C]1=CC=CC1)[C]1=CC=CC1. The van der Waals surface area contributed by atoms with E-state index in [1.54, 1.807) is 7.76 Å². The van der Waals surface area contributed by atoms with Crippen molar-refractivity contribution in [3.8, 4) is 0 Å². The molecule has 2 aliphatic carbocycles. The second-order valence-corrected chi connectivity index (χ2v) is 6.63. The van der Waals surface area contributed by atoms with Crippen molar-refractivity contribution in [2.45, 2.75) is 12.8 Å². The second-order valence-electron chi connectivity index (χ2n) is 3.13. The zero-order valence-corrected chi connectivity index (χ0v) is 8.65. The van der Waals surface area contributed by atoms with Crippen molar-refractivity contribution < 1.29 is 17.4 Å². The summed E-state index contributed by atoms with van der Waals surface area (Å²) < 4.78 is 3.23. The van der Waals surface area contributed by atoms with E-state index in [2.05, 4.69) is 41.3 Å². The first-order chi connectivity index (χ1) is 5.88. The van der Waals surface area contributed by atoms with Crippen LogP contribution in [0.15, 0.2) is 44.2 Å². The molecule has 0 aromatic rings. The molecule has 0 amide bonds. The van der Waals surface area contributed by atoms with Crippen molar-refractivity contribution in [2.75, 3.05) is 0 Å². The van der Waals surface area contributed by atoms with E-state index in [1.807, 2.05) is 0 Å². The van der Waals surface area contributed by atoms with E-state index in [9.17, 15) is 0 Å². The molecule has 12 heavy (non-hydrogen) atoms. The van der Waals surface area contributed by atoms with Crippen molar-refractivity contribution in [1.82, 2.24) is 0 Å². The molecule has 0 radical (unpaired) electrons. The number of rotatable bonds is 2. The van der Waals surface area contributed by atoms with Crippen molar-refractivity contribution in [3.63, 3.8) is 0 Å². The van der Waals surface area contributed by atoms with Gasteiger partial charge in [-0.2, -0.15) is 0 Å². The van der Waals surface area contributed by atoms with Gasteiger partial charge in [-0.1, -0.05) is 0 Å². The van der Waals surface area contributed by atoms with Gasteiger partial charge < -0.3 is 0 Å². The monoisotopic (exact) mass is 192 g/mol. The Balaban J connectivity index is 2.11. The molecule has 0 nitrogen and oxygen atoms in total. The van der Waals surface area contributed by atoms with Crippen LogP contribution in [0.2, 0.25) is 0 Å². The van der Waals surface area contributed by atoms with E-state index in [1.165, 1.54) is 0 Å². The fourth-order valence-corrected chi connectivity index (χ4v) is 4.26. The van der Waals surface area contributed by atoms with Crippen LogP contribution in [0, 0.1) is 0 Å². The van der Waals surface area contributed by atoms with Gasteiger partial charge in [0.15, 0.2) is 0 Å². The average Bonchev–Trinajstić information content (AvgIpc) is 2.77. The van der Waals surface area contributed by atoms with Crippen molar-refractivity contribution in [2.24, 2.45) is 0 Å². The maximum absolute atomic E-state index is 4.35. The van der Waals surface area contributed by atoms with Crippen LogP contribution in [-0.4, -0.2) is 4.82 Å². The molecule has 0 aliphatic heterocycles. The molecule has 0 bridgehead atoms. The number of allylic oxidation sites excluding steroid dienone is 8. The van der Waals surface area contributed by atoms with Gasteiger partial charge in [-0.15, -0.1) is 0 Å². The van der Waals surface area contributed by atoms with Crippen molar-refractivity contribution in [3.05, 3.63) is 44.2 Å². The summed E-state index contributed by atoms with van der Waals surface area (Å²) in [7, 11) is 0. The Hall–Kier alpha value is -0.456. The average molecular weight is 192 g/mol. The van der Waals surface area contributed by atoms with Crippen LogP contribution < -0.4 is 0 Å². The Morgan fingerprint density at radius 2 is 1.50 bits per heavy atom. The summed E-state index contributed by atoms with van der Waals surface area (Å²) in [6.45, 7) is 0. The maximum atomic E-state index is 4.35. The first-order valence-corrected chi connectivity index (χ1v) is 6.95. The van der Waals surface area contributed by atoms with E-state index in [0.29, 0.717) is 0 Å². The zero-order chi connectivity index (χ0) is 8.39. The van der Waals surface area contributed by atoms with Crippen LogP contribution in [0.5, 0.6) is 0 Å². The molecule has 0 heterocycles. The van der Waals surface area contributed by atoms with Gasteiger partial charge in [-0.05, 0) is 0 Å². The molecule has 0 aromatic carbocycles. The molecular formula is C11H12Ti. The summed E-state index contributed by atoms with van der Waals surface area (Å²) in [6, 6.07) is 0. The molecule has 60 valence electrons. The Morgan fingerprint density at radius 1 is 1.00 bits per heavy atom. The third kappa shape index (κ3) is 1.50. The molecule has 0 atom stereocenters. The third-order valence-corrected chi connectivity index (χ3v) is 5.90. The molecule has 0 saturated carbocycles. The Morgan fingerprint density at radius 3 is 1.83 bits per heavy atom. The molecule has 0 spiro atoms. The van der Waals surface area contributed by atoms with Gasteiger partial charge >= 0.3 is 79.3 Å². The summed E-state index contributed by atoms with van der Waals surface area (Å²) in [4.78, 5) is 4.35. The molecule has 0 fully saturated rings. The summed E-state index contributed by atoms with van der Waals surface area (Å²) >= 11 is -1.23. The van der Waals surface area contributed by atoms with Crippen LogP contribution >= 0.6 is 0 Å². The summed E-state index contributed by atoms with van der Waals surface area (Å²) in [6.07, 6.45) is 15.6. The van der Waals surface area contributed by atoms with Crippen LogP contribution in [0.1, 0.15) is 12.8 Å². The topological polar surface area (TPSA) is 0 Å². The Bertz CT molecular complexity index is 295. The predicted molar refractivity (Wildman–Crippen MR) is 50.8 cm³/mol. The molecule has 1 heteroatoms. The molecule has 0 aromatic heterocycles. The molecular weight excluding hydrogens is 180 g/mol. The van der Waals surface area contributed by atoms with Crippen LogP contribution in [0.4, 0.5) is 0 Å². The fraction of sp³-hybridized carbons (Fsp3) is 0.182. The van der Waals surface area contributed by atoms with Crippen LogP contribution in [0.3, 0.4) is 0 Å². The normalized spacial score (nSPS) is 19.7. The van der Waals surface area contributed by atoms with E-state index in [-0.39, 0.29) is 0 Å². The van der Waals surface area contributed by atoms with Gasteiger partial charge in [0.05, 0.1) is 0 Å². The van der Waals surface area contributed by atoms with E-state index < -0.39 is 17.4 Å². The van der Waals surface area contributed by atoms with Gasteiger partial charge in [-0.3, -0.25) is 0 Å². The van der Waals surface area contributed by atoms with Gasteiger partial charge in [0.1, 0.15) is 0 Å². The molecule has 0 N–H and O–H groups in total. The third-order valence-electron chi connectivity index (χ3n) is 2.32. The fourth-order valence-electron chi connectivity index (χ4n) is 1.55. The van der Waals surface area contributed by atoms with Crippen LogP contribution in [-0.2, 0) is 17.4 Å². The van der Waals surface area contributed by atoms with Gasteiger partial charge in [-0.25, -0.2) is 0 Å². The molecule has 2 rings (SSSR count). The van der Waals surface area contributed by atoms with Gasteiger partial charge in [0.2, 0.25) is 0 Å². The van der Waals surface area contributed by atoms with E-state index >= 15 is 0 Å². The molecule has 2 aliphatic rings. The van der Waals surface area contributed by atoms with Crippen LogP contribution in [0.25, 0.3) is 0 Å². The quantitative estimate of drug-likeness (QED) is 0.590. The number of hydrogen-bond donors (Lipinski definition) is 0.